The molecule has 0 atom stereocenters. The Morgan fingerprint density at radius 3 is 2.29 bits per heavy atom. The summed E-state index contributed by atoms with van der Waals surface area (Å²) in [7, 11) is 2.21. The largest absolute Gasteiger partial charge is 0.306 e. The summed E-state index contributed by atoms with van der Waals surface area (Å²) in [5.41, 5.74) is 1.50. The van der Waals surface area contributed by atoms with Crippen molar-refractivity contribution in [1.29, 1.82) is 0 Å². The van der Waals surface area contributed by atoms with Crippen LogP contribution in [0.3, 0.4) is 0 Å². The van der Waals surface area contributed by atoms with Crippen LogP contribution in [0.15, 0.2) is 28.7 Å². The second-order valence-corrected chi connectivity index (χ2v) is 5.04. The number of halogens is 1. The lowest BCUT2D eigenvalue weighted by atomic mass is 9.90. The molecule has 1 fully saturated rings. The molecular formula is C12H16BrN. The highest BCUT2D eigenvalue weighted by atomic mass is 79.9. The number of likely N-dealkylation sites (tertiary alicyclic amines) is 1. The zero-order valence-corrected chi connectivity index (χ0v) is 10.1. The zero-order chi connectivity index (χ0) is 9.97. The van der Waals surface area contributed by atoms with Gasteiger partial charge in [0.2, 0.25) is 0 Å². The van der Waals surface area contributed by atoms with Crippen LogP contribution in [0.5, 0.6) is 0 Å². The smallest absolute Gasteiger partial charge is 0.0175 e. The van der Waals surface area contributed by atoms with Gasteiger partial charge in [0, 0.05) is 4.47 Å². The number of nitrogens with zero attached hydrogens (tertiary/aromatic N) is 1. The van der Waals surface area contributed by atoms with E-state index >= 15 is 0 Å². The highest BCUT2D eigenvalue weighted by Crippen LogP contribution is 2.28. The van der Waals surface area contributed by atoms with Gasteiger partial charge in [-0.2, -0.15) is 0 Å². The van der Waals surface area contributed by atoms with Crippen LogP contribution in [-0.4, -0.2) is 25.0 Å². The Kier molecular flexibility index (Phi) is 3.24. The fourth-order valence-corrected chi connectivity index (χ4v) is 2.34. The molecule has 0 amide bonds. The first kappa shape index (κ1) is 10.2. The van der Waals surface area contributed by atoms with Gasteiger partial charge in [-0.05, 0) is 56.6 Å². The van der Waals surface area contributed by atoms with Gasteiger partial charge in [0.15, 0.2) is 0 Å². The van der Waals surface area contributed by atoms with Gasteiger partial charge in [0.1, 0.15) is 0 Å². The molecule has 0 N–H and O–H groups in total. The average Bonchev–Trinajstić information content (AvgIpc) is 2.21. The average molecular weight is 254 g/mol. The number of benzene rings is 1. The molecule has 0 unspecified atom stereocenters. The van der Waals surface area contributed by atoms with Crippen molar-refractivity contribution < 1.29 is 0 Å². The van der Waals surface area contributed by atoms with Gasteiger partial charge in [-0.25, -0.2) is 0 Å². The third-order valence-electron chi connectivity index (χ3n) is 3.06. The molecule has 0 saturated carbocycles. The topological polar surface area (TPSA) is 3.24 Å². The minimum absolute atomic E-state index is 0.777. The molecular weight excluding hydrogens is 238 g/mol. The van der Waals surface area contributed by atoms with E-state index in [9.17, 15) is 0 Å². The predicted octanol–water partition coefficient (Wildman–Crippen LogP) is 3.26. The van der Waals surface area contributed by atoms with Gasteiger partial charge >= 0.3 is 0 Å². The Morgan fingerprint density at radius 1 is 1.14 bits per heavy atom. The molecule has 1 aliphatic heterocycles. The lowest BCUT2D eigenvalue weighted by Gasteiger charge is -2.29. The molecule has 1 heterocycles. The molecule has 0 aliphatic carbocycles. The SMILES string of the molecule is CN1CCC(c2ccc(Br)cc2)CC1. The molecule has 14 heavy (non-hydrogen) atoms. The molecule has 1 aliphatic rings. The van der Waals surface area contributed by atoms with E-state index in [0.717, 1.165) is 5.92 Å². The summed E-state index contributed by atoms with van der Waals surface area (Å²) in [5.74, 6) is 0.777. The minimum atomic E-state index is 0.777. The van der Waals surface area contributed by atoms with E-state index in [1.54, 1.807) is 0 Å². The third kappa shape index (κ3) is 2.37. The summed E-state index contributed by atoms with van der Waals surface area (Å²) in [6.07, 6.45) is 2.61. The summed E-state index contributed by atoms with van der Waals surface area (Å²) in [6.45, 7) is 2.47. The summed E-state index contributed by atoms with van der Waals surface area (Å²) in [6, 6.07) is 8.79. The molecule has 2 heteroatoms. The lowest BCUT2D eigenvalue weighted by Crippen LogP contribution is -2.29. The first-order valence-electron chi connectivity index (χ1n) is 5.20. The zero-order valence-electron chi connectivity index (χ0n) is 8.54. The maximum atomic E-state index is 3.47. The number of rotatable bonds is 1. The van der Waals surface area contributed by atoms with Crippen molar-refractivity contribution >= 4 is 15.9 Å². The second kappa shape index (κ2) is 4.45. The molecule has 2 rings (SSSR count). The maximum Gasteiger partial charge on any atom is 0.0175 e. The van der Waals surface area contributed by atoms with E-state index in [-0.39, 0.29) is 0 Å². The van der Waals surface area contributed by atoms with Crippen LogP contribution in [0.4, 0.5) is 0 Å². The van der Waals surface area contributed by atoms with Crippen LogP contribution in [0.25, 0.3) is 0 Å². The van der Waals surface area contributed by atoms with Crippen molar-refractivity contribution in [2.45, 2.75) is 18.8 Å². The second-order valence-electron chi connectivity index (χ2n) is 4.13. The van der Waals surface area contributed by atoms with Gasteiger partial charge in [-0.15, -0.1) is 0 Å². The standard InChI is InChI=1S/C12H16BrN/c1-14-8-6-11(7-9-14)10-2-4-12(13)5-3-10/h2-5,11H,6-9H2,1H3. The van der Waals surface area contributed by atoms with E-state index in [4.69, 9.17) is 0 Å². The third-order valence-corrected chi connectivity index (χ3v) is 3.59. The first-order valence-corrected chi connectivity index (χ1v) is 5.99. The molecule has 0 spiro atoms. The molecule has 76 valence electrons. The van der Waals surface area contributed by atoms with Crippen molar-refractivity contribution in [2.75, 3.05) is 20.1 Å². The first-order chi connectivity index (χ1) is 6.75. The summed E-state index contributed by atoms with van der Waals surface area (Å²) < 4.78 is 1.18. The Balaban J connectivity index is 2.05. The quantitative estimate of drug-likeness (QED) is 0.743. The normalized spacial score (nSPS) is 19.9. The van der Waals surface area contributed by atoms with Gasteiger partial charge in [-0.1, -0.05) is 28.1 Å². The van der Waals surface area contributed by atoms with E-state index in [0.29, 0.717) is 0 Å². The highest BCUT2D eigenvalue weighted by molar-refractivity contribution is 9.10. The van der Waals surface area contributed by atoms with Crippen molar-refractivity contribution in [1.82, 2.24) is 4.90 Å². The molecule has 1 aromatic carbocycles. The van der Waals surface area contributed by atoms with Crippen LogP contribution in [0.1, 0.15) is 24.3 Å². The Hall–Kier alpha value is -0.340. The minimum Gasteiger partial charge on any atom is -0.306 e. The fraction of sp³-hybridized carbons (Fsp3) is 0.500. The molecule has 1 nitrogen and oxygen atoms in total. The molecule has 1 saturated heterocycles. The van der Waals surface area contributed by atoms with E-state index in [1.165, 1.54) is 36.0 Å². The summed E-state index contributed by atoms with van der Waals surface area (Å²) in [4.78, 5) is 2.41. The highest BCUT2D eigenvalue weighted by Gasteiger charge is 2.17. The molecule has 0 aromatic heterocycles. The Labute approximate surface area is 94.2 Å². The van der Waals surface area contributed by atoms with Gasteiger partial charge in [-0.3, -0.25) is 0 Å². The molecule has 0 bridgehead atoms. The molecule has 0 radical (unpaired) electrons. The Bertz CT molecular complexity index is 286. The van der Waals surface area contributed by atoms with Crippen LogP contribution >= 0.6 is 15.9 Å². The van der Waals surface area contributed by atoms with Gasteiger partial charge < -0.3 is 4.90 Å². The fourth-order valence-electron chi connectivity index (χ4n) is 2.08. The number of hydrogen-bond donors (Lipinski definition) is 0. The van der Waals surface area contributed by atoms with Crippen LogP contribution < -0.4 is 0 Å². The van der Waals surface area contributed by atoms with Crippen molar-refractivity contribution in [3.63, 3.8) is 0 Å². The van der Waals surface area contributed by atoms with Crippen molar-refractivity contribution in [3.05, 3.63) is 34.3 Å². The van der Waals surface area contributed by atoms with Crippen LogP contribution in [0, 0.1) is 0 Å². The number of piperidine rings is 1. The monoisotopic (exact) mass is 253 g/mol. The number of hydrogen-bond acceptors (Lipinski definition) is 1. The van der Waals surface area contributed by atoms with E-state index in [2.05, 4.69) is 52.1 Å². The predicted molar refractivity (Wildman–Crippen MR) is 63.6 cm³/mol. The van der Waals surface area contributed by atoms with E-state index in [1.807, 2.05) is 0 Å². The van der Waals surface area contributed by atoms with Gasteiger partial charge in [0.25, 0.3) is 0 Å². The van der Waals surface area contributed by atoms with Crippen molar-refractivity contribution in [2.24, 2.45) is 0 Å². The van der Waals surface area contributed by atoms with Crippen LogP contribution in [0.2, 0.25) is 0 Å². The van der Waals surface area contributed by atoms with E-state index < -0.39 is 0 Å². The lowest BCUT2D eigenvalue weighted by molar-refractivity contribution is 0.255. The summed E-state index contributed by atoms with van der Waals surface area (Å²) in [5, 5.41) is 0. The molecule has 1 aromatic rings. The van der Waals surface area contributed by atoms with Crippen molar-refractivity contribution in [3.8, 4) is 0 Å². The summed E-state index contributed by atoms with van der Waals surface area (Å²) >= 11 is 3.47. The van der Waals surface area contributed by atoms with Gasteiger partial charge in [0.05, 0.1) is 0 Å². The van der Waals surface area contributed by atoms with Crippen LogP contribution in [-0.2, 0) is 0 Å². The Morgan fingerprint density at radius 2 is 1.71 bits per heavy atom. The maximum absolute atomic E-state index is 3.47.